The molecule has 1 rings (SSSR count). The average molecular weight is 210 g/mol. The highest BCUT2D eigenvalue weighted by Gasteiger charge is 2.27. The van der Waals surface area contributed by atoms with E-state index in [4.69, 9.17) is 4.18 Å². The quantitative estimate of drug-likeness (QED) is 0.481. The van der Waals surface area contributed by atoms with Crippen molar-refractivity contribution in [3.63, 3.8) is 0 Å². The van der Waals surface area contributed by atoms with Crippen LogP contribution in [0.4, 0.5) is 0 Å². The Balaban J connectivity index is 2.22. The molecule has 70 valence electrons. The lowest BCUT2D eigenvalue weighted by Crippen LogP contribution is -2.24. The molecular formula is C6H10O4S2. The molecule has 12 heavy (non-hydrogen) atoms. The van der Waals surface area contributed by atoms with Gasteiger partial charge in [0.15, 0.2) is 0 Å². The van der Waals surface area contributed by atoms with Crippen LogP contribution in [0.5, 0.6) is 0 Å². The summed E-state index contributed by atoms with van der Waals surface area (Å²) in [4.78, 5) is 0. The summed E-state index contributed by atoms with van der Waals surface area (Å²) in [6.45, 7) is 3.72. The van der Waals surface area contributed by atoms with Crippen LogP contribution in [0.1, 0.15) is 0 Å². The first-order chi connectivity index (χ1) is 5.72. The third kappa shape index (κ3) is 3.24. The van der Waals surface area contributed by atoms with Crippen molar-refractivity contribution in [1.29, 1.82) is 0 Å². The van der Waals surface area contributed by atoms with Crippen LogP contribution >= 0.6 is 0 Å². The number of rotatable bonds is 4. The molecule has 1 aliphatic heterocycles. The van der Waals surface area contributed by atoms with Crippen LogP contribution in [0.25, 0.3) is 0 Å². The van der Waals surface area contributed by atoms with Crippen LogP contribution < -0.4 is 0 Å². The van der Waals surface area contributed by atoms with Gasteiger partial charge in [0.05, 0.1) is 6.61 Å². The summed E-state index contributed by atoms with van der Waals surface area (Å²) in [5, 5.41) is 0. The van der Waals surface area contributed by atoms with E-state index >= 15 is 0 Å². The summed E-state index contributed by atoms with van der Waals surface area (Å²) in [6, 6.07) is 0. The van der Waals surface area contributed by atoms with Gasteiger partial charge < -0.3 is 4.55 Å². The molecule has 1 saturated heterocycles. The predicted molar refractivity (Wildman–Crippen MR) is 47.0 cm³/mol. The minimum Gasteiger partial charge on any atom is -0.616 e. The van der Waals surface area contributed by atoms with E-state index in [-0.39, 0.29) is 12.7 Å². The van der Waals surface area contributed by atoms with Crippen molar-refractivity contribution >= 4 is 22.5 Å². The molecule has 1 aliphatic rings. The summed E-state index contributed by atoms with van der Waals surface area (Å²) in [6.07, 6.45) is 1.29. The molecule has 0 N–H and O–H groups in total. The number of hydrogen-bond donors (Lipinski definition) is 0. The first-order valence-corrected chi connectivity index (χ1v) is 5.89. The molecule has 6 heteroatoms. The minimum atomic E-state index is -1.63. The van der Waals surface area contributed by atoms with Crippen molar-refractivity contribution in [3.8, 4) is 0 Å². The van der Waals surface area contributed by atoms with Gasteiger partial charge in [0.25, 0.3) is 0 Å². The van der Waals surface area contributed by atoms with Crippen LogP contribution in [0.15, 0.2) is 12.7 Å². The fourth-order valence-corrected chi connectivity index (χ4v) is 2.51. The van der Waals surface area contributed by atoms with E-state index < -0.39 is 22.5 Å². The zero-order valence-corrected chi connectivity index (χ0v) is 8.07. The molecule has 0 spiro atoms. The third-order valence-electron chi connectivity index (χ3n) is 1.24. The molecule has 0 aromatic rings. The summed E-state index contributed by atoms with van der Waals surface area (Å²) in [7, 11) is 0. The normalized spacial score (nSPS) is 31.8. The maximum Gasteiger partial charge on any atom is 0.305 e. The Morgan fingerprint density at radius 1 is 1.83 bits per heavy atom. The fourth-order valence-electron chi connectivity index (χ4n) is 0.781. The van der Waals surface area contributed by atoms with Gasteiger partial charge in [0.2, 0.25) is 0 Å². The second-order valence-corrected chi connectivity index (χ2v) is 4.65. The molecule has 3 atom stereocenters. The molecule has 0 radical (unpaired) electrons. The van der Waals surface area contributed by atoms with E-state index in [2.05, 4.69) is 10.8 Å². The van der Waals surface area contributed by atoms with E-state index in [1.165, 1.54) is 0 Å². The average Bonchev–Trinajstić information content (AvgIpc) is 2.36. The lowest BCUT2D eigenvalue weighted by molar-refractivity contribution is 0.264. The molecular weight excluding hydrogens is 200 g/mol. The zero-order valence-electron chi connectivity index (χ0n) is 6.43. The number of hydrogen-bond acceptors (Lipinski definition) is 4. The molecule has 0 saturated carbocycles. The van der Waals surface area contributed by atoms with Crippen molar-refractivity contribution in [3.05, 3.63) is 12.7 Å². The van der Waals surface area contributed by atoms with Crippen LogP contribution in [0, 0.1) is 0 Å². The molecule has 0 aromatic carbocycles. The smallest absolute Gasteiger partial charge is 0.305 e. The van der Waals surface area contributed by atoms with E-state index in [9.17, 15) is 8.76 Å². The zero-order chi connectivity index (χ0) is 8.97. The summed E-state index contributed by atoms with van der Waals surface area (Å²) in [5.41, 5.74) is 0. The predicted octanol–water partition coefficient (Wildman–Crippen LogP) is -0.0848. The van der Waals surface area contributed by atoms with Gasteiger partial charge in [-0.1, -0.05) is 6.58 Å². The van der Waals surface area contributed by atoms with Gasteiger partial charge in [-0.05, 0) is 17.3 Å². The van der Waals surface area contributed by atoms with Crippen LogP contribution in [-0.4, -0.2) is 33.0 Å². The van der Waals surface area contributed by atoms with Gasteiger partial charge >= 0.3 is 11.4 Å². The first kappa shape index (κ1) is 10.2. The third-order valence-corrected chi connectivity index (χ3v) is 3.35. The largest absolute Gasteiger partial charge is 0.616 e. The Morgan fingerprint density at radius 3 is 3.08 bits per heavy atom. The Kier molecular flexibility index (Phi) is 4.24. The van der Waals surface area contributed by atoms with Crippen molar-refractivity contribution in [2.24, 2.45) is 0 Å². The first-order valence-electron chi connectivity index (χ1n) is 3.40. The Labute approximate surface area is 77.0 Å². The molecule has 0 aromatic heterocycles. The molecule has 3 unspecified atom stereocenters. The molecule has 0 aliphatic carbocycles. The Hall–Kier alpha value is 0.120. The van der Waals surface area contributed by atoms with Gasteiger partial charge in [-0.25, -0.2) is 0 Å². The second kappa shape index (κ2) is 4.98. The highest BCUT2D eigenvalue weighted by molar-refractivity contribution is 7.91. The summed E-state index contributed by atoms with van der Waals surface area (Å²) in [5.74, 6) is 0.796. The summed E-state index contributed by atoms with van der Waals surface area (Å²) < 4.78 is 31.1. The summed E-state index contributed by atoms with van der Waals surface area (Å²) >= 11 is -2.62. The topological polar surface area (TPSA) is 58.6 Å². The molecule has 0 bridgehead atoms. The van der Waals surface area contributed by atoms with Crippen LogP contribution in [-0.2, 0) is 30.9 Å². The fraction of sp³-hybridized carbons (Fsp3) is 0.667. The van der Waals surface area contributed by atoms with Gasteiger partial charge in [0, 0.05) is 0 Å². The second-order valence-electron chi connectivity index (χ2n) is 2.27. The van der Waals surface area contributed by atoms with Crippen LogP contribution in [0.2, 0.25) is 0 Å². The lowest BCUT2D eigenvalue weighted by atomic mass is 10.4. The van der Waals surface area contributed by atoms with Crippen LogP contribution in [0.3, 0.4) is 0 Å². The van der Waals surface area contributed by atoms with Crippen molar-refractivity contribution in [2.75, 3.05) is 18.1 Å². The Bertz CT molecular complexity index is 184. The van der Waals surface area contributed by atoms with Crippen molar-refractivity contribution in [1.82, 2.24) is 0 Å². The van der Waals surface area contributed by atoms with Gasteiger partial charge in [-0.3, -0.25) is 8.37 Å². The standard InChI is InChI=1S/C6H10O4S2/c1-2-3-11(7)5-6-4-9-12(8)10-6/h2,6H,1,3-5H2. The highest BCUT2D eigenvalue weighted by atomic mass is 32.2. The monoisotopic (exact) mass is 210 g/mol. The van der Waals surface area contributed by atoms with Gasteiger partial charge in [-0.2, -0.15) is 4.21 Å². The minimum absolute atomic E-state index is 0.259. The van der Waals surface area contributed by atoms with Gasteiger partial charge in [0.1, 0.15) is 17.6 Å². The molecule has 4 nitrogen and oxygen atoms in total. The van der Waals surface area contributed by atoms with E-state index in [0.717, 1.165) is 0 Å². The van der Waals surface area contributed by atoms with E-state index in [0.29, 0.717) is 11.5 Å². The van der Waals surface area contributed by atoms with Gasteiger partial charge in [-0.15, -0.1) is 0 Å². The highest BCUT2D eigenvalue weighted by Crippen LogP contribution is 2.11. The SMILES string of the molecule is C=CC[S+]([O-])CC1COS(=O)O1. The van der Waals surface area contributed by atoms with Crippen molar-refractivity contribution < 1.29 is 17.1 Å². The van der Waals surface area contributed by atoms with E-state index in [1.807, 2.05) is 0 Å². The maximum atomic E-state index is 11.1. The maximum absolute atomic E-state index is 11.1. The van der Waals surface area contributed by atoms with E-state index in [1.54, 1.807) is 6.08 Å². The van der Waals surface area contributed by atoms with Crippen molar-refractivity contribution in [2.45, 2.75) is 6.10 Å². The Morgan fingerprint density at radius 2 is 2.58 bits per heavy atom. The molecule has 0 amide bonds. The lowest BCUT2D eigenvalue weighted by Gasteiger charge is -2.10. The molecule has 1 heterocycles. The molecule has 1 fully saturated rings.